The van der Waals surface area contributed by atoms with Crippen LogP contribution in [-0.4, -0.2) is 27.0 Å². The lowest BCUT2D eigenvalue weighted by atomic mass is 10.2. The second kappa shape index (κ2) is 8.12. The number of anilines is 2. The molecule has 6 nitrogen and oxygen atoms in total. The maximum absolute atomic E-state index is 13.4. The van der Waals surface area contributed by atoms with E-state index in [4.69, 9.17) is 4.74 Å². The predicted octanol–water partition coefficient (Wildman–Crippen LogP) is 4.35. The zero-order valence-corrected chi connectivity index (χ0v) is 18.5. The Kier molecular flexibility index (Phi) is 5.53. The second-order valence-electron chi connectivity index (χ2n) is 6.89. The smallest absolute Gasteiger partial charge is 0.267 e. The van der Waals surface area contributed by atoms with E-state index in [9.17, 15) is 13.2 Å². The molecule has 1 aliphatic rings. The zero-order chi connectivity index (χ0) is 21.3. The molecule has 1 unspecified atom stereocenters. The van der Waals surface area contributed by atoms with Crippen molar-refractivity contribution in [3.05, 3.63) is 82.8 Å². The molecule has 1 amide bonds. The summed E-state index contributed by atoms with van der Waals surface area (Å²) in [6, 6.07) is 20.6. The molecule has 0 aromatic heterocycles. The summed E-state index contributed by atoms with van der Waals surface area (Å²) in [5.41, 5.74) is 1.95. The first-order valence-electron chi connectivity index (χ1n) is 9.27. The molecule has 3 aromatic carbocycles. The number of para-hydroxylation sites is 3. The molecule has 0 spiro atoms. The highest BCUT2D eigenvalue weighted by Gasteiger charge is 2.37. The van der Waals surface area contributed by atoms with Crippen LogP contribution in [-0.2, 0) is 14.8 Å². The number of nitrogens with one attached hydrogen (secondary N) is 1. The van der Waals surface area contributed by atoms with Crippen molar-refractivity contribution in [1.82, 2.24) is 0 Å². The number of benzene rings is 3. The highest BCUT2D eigenvalue weighted by molar-refractivity contribution is 9.10. The van der Waals surface area contributed by atoms with Gasteiger partial charge in [-0.25, -0.2) is 8.42 Å². The van der Waals surface area contributed by atoms with E-state index in [0.717, 1.165) is 10.0 Å². The van der Waals surface area contributed by atoms with Crippen molar-refractivity contribution >= 4 is 43.2 Å². The van der Waals surface area contributed by atoms with Gasteiger partial charge in [-0.1, -0.05) is 42.0 Å². The molecule has 30 heavy (non-hydrogen) atoms. The molecule has 3 aromatic rings. The van der Waals surface area contributed by atoms with Crippen molar-refractivity contribution in [2.75, 3.05) is 16.2 Å². The van der Waals surface area contributed by atoms with Crippen LogP contribution in [0.5, 0.6) is 5.75 Å². The van der Waals surface area contributed by atoms with Gasteiger partial charge in [0.1, 0.15) is 5.75 Å². The second-order valence-corrected chi connectivity index (χ2v) is 9.61. The number of ether oxygens (including phenoxy) is 1. The highest BCUT2D eigenvalue weighted by Crippen LogP contribution is 2.37. The predicted molar refractivity (Wildman–Crippen MR) is 119 cm³/mol. The summed E-state index contributed by atoms with van der Waals surface area (Å²) in [6.07, 6.45) is -1.01. The molecule has 1 aliphatic heterocycles. The fourth-order valence-electron chi connectivity index (χ4n) is 3.18. The van der Waals surface area contributed by atoms with Gasteiger partial charge in [0, 0.05) is 4.47 Å². The number of aryl methyl sites for hydroxylation is 1. The molecule has 0 saturated heterocycles. The molecule has 0 fully saturated rings. The molecule has 1 heterocycles. The molecular formula is C22H19BrN2O4S. The number of hydrogen-bond acceptors (Lipinski definition) is 4. The molecule has 4 rings (SSSR count). The maximum atomic E-state index is 13.4. The summed E-state index contributed by atoms with van der Waals surface area (Å²) in [6.45, 7) is 1.76. The van der Waals surface area contributed by atoms with Crippen molar-refractivity contribution in [2.45, 2.75) is 17.9 Å². The minimum atomic E-state index is -3.88. The van der Waals surface area contributed by atoms with E-state index < -0.39 is 22.0 Å². The lowest BCUT2D eigenvalue weighted by Crippen LogP contribution is -2.48. The van der Waals surface area contributed by atoms with Crippen LogP contribution in [0.1, 0.15) is 5.56 Å². The monoisotopic (exact) mass is 486 g/mol. The standard InChI is InChI=1S/C22H19BrN2O4S/c1-15-10-12-16(13-11-15)30(27,28)25-14-21(29-20-9-5-4-8-19(20)25)22(26)24-18-7-3-2-6-17(18)23/h2-13,21H,14H2,1H3,(H,24,26). The van der Waals surface area contributed by atoms with Crippen LogP contribution >= 0.6 is 15.9 Å². The zero-order valence-electron chi connectivity index (χ0n) is 16.1. The van der Waals surface area contributed by atoms with Crippen LogP contribution in [0, 0.1) is 6.92 Å². The average molecular weight is 487 g/mol. The van der Waals surface area contributed by atoms with Gasteiger partial charge < -0.3 is 10.1 Å². The first-order valence-corrected chi connectivity index (χ1v) is 11.5. The third kappa shape index (κ3) is 3.93. The Bertz CT molecular complexity index is 1200. The molecule has 154 valence electrons. The van der Waals surface area contributed by atoms with Crippen LogP contribution < -0.4 is 14.4 Å². The Labute approximate surface area is 183 Å². The molecular weight excluding hydrogens is 468 g/mol. The first kappa shape index (κ1) is 20.4. The van der Waals surface area contributed by atoms with Crippen molar-refractivity contribution < 1.29 is 17.9 Å². The van der Waals surface area contributed by atoms with Gasteiger partial charge in [0.25, 0.3) is 15.9 Å². The quantitative estimate of drug-likeness (QED) is 0.594. The van der Waals surface area contributed by atoms with E-state index in [-0.39, 0.29) is 11.4 Å². The Balaban J connectivity index is 1.68. The summed E-state index contributed by atoms with van der Waals surface area (Å²) < 4.78 is 34.6. The topological polar surface area (TPSA) is 75.7 Å². The Morgan fingerprint density at radius 1 is 1.03 bits per heavy atom. The number of fused-ring (bicyclic) bond motifs is 1. The van der Waals surface area contributed by atoms with E-state index in [1.54, 1.807) is 66.7 Å². The number of rotatable bonds is 4. The van der Waals surface area contributed by atoms with Crippen LogP contribution in [0.25, 0.3) is 0 Å². The Morgan fingerprint density at radius 2 is 1.70 bits per heavy atom. The van der Waals surface area contributed by atoms with Crippen molar-refractivity contribution in [3.8, 4) is 5.75 Å². The van der Waals surface area contributed by atoms with Gasteiger partial charge in [-0.2, -0.15) is 0 Å². The van der Waals surface area contributed by atoms with E-state index in [2.05, 4.69) is 21.2 Å². The number of nitrogens with zero attached hydrogens (tertiary/aromatic N) is 1. The van der Waals surface area contributed by atoms with Crippen LogP contribution in [0.4, 0.5) is 11.4 Å². The minimum absolute atomic E-state index is 0.135. The number of carbonyl (C=O) groups excluding carboxylic acids is 1. The highest BCUT2D eigenvalue weighted by atomic mass is 79.9. The molecule has 0 radical (unpaired) electrons. The maximum Gasteiger partial charge on any atom is 0.267 e. The van der Waals surface area contributed by atoms with Crippen LogP contribution in [0.15, 0.2) is 82.2 Å². The van der Waals surface area contributed by atoms with E-state index in [1.165, 1.54) is 4.31 Å². The summed E-state index contributed by atoms with van der Waals surface area (Å²) in [4.78, 5) is 13.1. The van der Waals surface area contributed by atoms with Crippen LogP contribution in [0.2, 0.25) is 0 Å². The molecule has 0 bridgehead atoms. The molecule has 8 heteroatoms. The molecule has 1 atom stereocenters. The number of hydrogen-bond donors (Lipinski definition) is 1. The fourth-order valence-corrected chi connectivity index (χ4v) is 5.04. The summed E-state index contributed by atoms with van der Waals surface area (Å²) in [5.74, 6) is -0.0905. The van der Waals surface area contributed by atoms with Gasteiger partial charge in [0.15, 0.2) is 6.10 Å². The third-order valence-electron chi connectivity index (χ3n) is 4.77. The molecule has 0 saturated carbocycles. The van der Waals surface area contributed by atoms with Gasteiger partial charge in [-0.15, -0.1) is 0 Å². The number of carbonyl (C=O) groups is 1. The lowest BCUT2D eigenvalue weighted by molar-refractivity contribution is -0.122. The molecule has 1 N–H and O–H groups in total. The van der Waals surface area contributed by atoms with Crippen molar-refractivity contribution in [1.29, 1.82) is 0 Å². The van der Waals surface area contributed by atoms with Gasteiger partial charge in [0.05, 0.1) is 22.8 Å². The van der Waals surface area contributed by atoms with Gasteiger partial charge in [0.2, 0.25) is 0 Å². The number of halogens is 1. The average Bonchev–Trinajstić information content (AvgIpc) is 2.74. The van der Waals surface area contributed by atoms with Crippen molar-refractivity contribution in [2.24, 2.45) is 0 Å². The minimum Gasteiger partial charge on any atom is -0.476 e. The van der Waals surface area contributed by atoms with E-state index >= 15 is 0 Å². The number of sulfonamides is 1. The summed E-state index contributed by atoms with van der Waals surface area (Å²) in [7, 11) is -3.88. The SMILES string of the molecule is Cc1ccc(S(=O)(=O)N2CC(C(=O)Nc3ccccc3Br)Oc3ccccc32)cc1. The normalized spacial score (nSPS) is 15.8. The number of amides is 1. The van der Waals surface area contributed by atoms with Crippen LogP contribution in [0.3, 0.4) is 0 Å². The van der Waals surface area contributed by atoms with Gasteiger partial charge >= 0.3 is 0 Å². The summed E-state index contributed by atoms with van der Waals surface area (Å²) in [5, 5.41) is 2.80. The van der Waals surface area contributed by atoms with E-state index in [1.807, 2.05) is 13.0 Å². The van der Waals surface area contributed by atoms with Gasteiger partial charge in [-0.05, 0) is 59.3 Å². The van der Waals surface area contributed by atoms with Crippen molar-refractivity contribution in [3.63, 3.8) is 0 Å². The van der Waals surface area contributed by atoms with E-state index in [0.29, 0.717) is 17.1 Å². The van der Waals surface area contributed by atoms with Gasteiger partial charge in [-0.3, -0.25) is 9.10 Å². The largest absolute Gasteiger partial charge is 0.476 e. The Hall–Kier alpha value is -2.84. The third-order valence-corrected chi connectivity index (χ3v) is 7.25. The fraction of sp³-hybridized carbons (Fsp3) is 0.136. The molecule has 0 aliphatic carbocycles. The lowest BCUT2D eigenvalue weighted by Gasteiger charge is -2.34. The first-order chi connectivity index (χ1) is 14.4. The summed E-state index contributed by atoms with van der Waals surface area (Å²) >= 11 is 3.39. The Morgan fingerprint density at radius 3 is 2.43 bits per heavy atom.